The number of benzene rings is 2. The highest BCUT2D eigenvalue weighted by molar-refractivity contribution is 8.14. The lowest BCUT2D eigenvalue weighted by molar-refractivity contribution is -0.119. The number of carbonyl (C=O) groups excluding carboxylic acids is 1. The van der Waals surface area contributed by atoms with E-state index in [0.717, 1.165) is 5.56 Å². The molecule has 0 spiro atoms. The largest absolute Gasteiger partial charge is 0.478 e. The average molecular weight is 491 g/mol. The fourth-order valence-corrected chi connectivity index (χ4v) is 5.14. The molecule has 3 aromatic rings. The number of hydrogen-bond donors (Lipinski definition) is 2. The monoisotopic (exact) mass is 490 g/mol. The topological polar surface area (TPSA) is 120 Å². The van der Waals surface area contributed by atoms with Crippen molar-refractivity contribution in [1.29, 1.82) is 0 Å². The fraction of sp³-hybridized carbons (Fsp3) is 0.130. The Morgan fingerprint density at radius 2 is 1.97 bits per heavy atom. The number of nitrogens with one attached hydrogen (secondary N) is 1. The van der Waals surface area contributed by atoms with Crippen LogP contribution in [0.3, 0.4) is 0 Å². The van der Waals surface area contributed by atoms with Crippen LogP contribution in [0.2, 0.25) is 0 Å². The van der Waals surface area contributed by atoms with Crippen molar-refractivity contribution >= 4 is 57.3 Å². The second kappa shape index (κ2) is 9.57. The molecule has 2 aliphatic heterocycles. The van der Waals surface area contributed by atoms with Crippen LogP contribution in [0.5, 0.6) is 0 Å². The van der Waals surface area contributed by atoms with Gasteiger partial charge in [0.1, 0.15) is 11.7 Å². The third-order valence-corrected chi connectivity index (χ3v) is 6.92. The Morgan fingerprint density at radius 1 is 1.18 bits per heavy atom. The third-order valence-electron chi connectivity index (χ3n) is 5.12. The van der Waals surface area contributed by atoms with Crippen molar-refractivity contribution in [3.8, 4) is 0 Å². The summed E-state index contributed by atoms with van der Waals surface area (Å²) in [4.78, 5) is 38.2. The Balaban J connectivity index is 1.40. The summed E-state index contributed by atoms with van der Waals surface area (Å²) >= 11 is 2.83. The molecule has 2 N–H and O–H groups in total. The molecule has 2 aliphatic rings. The number of para-hydroxylation sites is 1. The molecule has 1 aromatic heterocycles. The van der Waals surface area contributed by atoms with Gasteiger partial charge in [-0.1, -0.05) is 54.2 Å². The smallest absolute Gasteiger partial charge is 0.337 e. The van der Waals surface area contributed by atoms with Crippen molar-refractivity contribution < 1.29 is 14.7 Å². The molecule has 2 aromatic carbocycles. The van der Waals surface area contributed by atoms with E-state index in [-0.39, 0.29) is 24.0 Å². The number of carboxylic acid groups (broad SMARTS) is 1. The Kier molecular flexibility index (Phi) is 6.19. The molecule has 1 atom stereocenters. The molecule has 1 unspecified atom stereocenters. The Bertz CT molecular complexity index is 1320. The van der Waals surface area contributed by atoms with Crippen LogP contribution in [-0.4, -0.2) is 56.0 Å². The summed E-state index contributed by atoms with van der Waals surface area (Å²) in [5, 5.41) is 21.0. The molecule has 0 aliphatic carbocycles. The summed E-state index contributed by atoms with van der Waals surface area (Å²) in [6, 6.07) is 16.4. The van der Waals surface area contributed by atoms with E-state index in [1.807, 2.05) is 30.3 Å². The minimum absolute atomic E-state index is 0.00411. The maximum absolute atomic E-state index is 13.3. The number of carbonyl (C=O) groups is 2. The number of aliphatic imine (C=N–C) groups is 2. The zero-order valence-corrected chi connectivity index (χ0v) is 19.3. The molecule has 0 radical (unpaired) electrons. The number of amides is 1. The summed E-state index contributed by atoms with van der Waals surface area (Å²) in [6.45, 7) is -0.00411. The van der Waals surface area contributed by atoms with Gasteiger partial charge in [0, 0.05) is 17.3 Å². The van der Waals surface area contributed by atoms with Crippen LogP contribution in [0.15, 0.2) is 81.3 Å². The van der Waals surface area contributed by atoms with E-state index in [0.29, 0.717) is 27.3 Å². The van der Waals surface area contributed by atoms with E-state index in [9.17, 15) is 14.7 Å². The number of hydrogen-bond acceptors (Lipinski definition) is 9. The van der Waals surface area contributed by atoms with E-state index >= 15 is 0 Å². The summed E-state index contributed by atoms with van der Waals surface area (Å²) in [6.07, 6.45) is 1.64. The number of nitrogens with zero attached hydrogens (tertiary/aromatic N) is 5. The second-order valence-corrected chi connectivity index (χ2v) is 9.13. The van der Waals surface area contributed by atoms with Gasteiger partial charge in [-0.05, 0) is 17.7 Å². The highest BCUT2D eigenvalue weighted by atomic mass is 32.2. The van der Waals surface area contributed by atoms with Gasteiger partial charge in [-0.3, -0.25) is 14.8 Å². The van der Waals surface area contributed by atoms with Gasteiger partial charge in [-0.15, -0.1) is 11.3 Å². The lowest BCUT2D eigenvalue weighted by Gasteiger charge is -2.10. The van der Waals surface area contributed by atoms with Crippen molar-refractivity contribution in [3.05, 3.63) is 82.3 Å². The summed E-state index contributed by atoms with van der Waals surface area (Å²) in [5.74, 6) is -0.725. The number of carboxylic acids is 1. The van der Waals surface area contributed by atoms with Gasteiger partial charge in [0.2, 0.25) is 0 Å². The van der Waals surface area contributed by atoms with Gasteiger partial charge in [0.15, 0.2) is 16.6 Å². The van der Waals surface area contributed by atoms with Crippen molar-refractivity contribution in [2.24, 2.45) is 15.1 Å². The fourth-order valence-electron chi connectivity index (χ4n) is 3.50. The van der Waals surface area contributed by atoms with Crippen molar-refractivity contribution in [2.45, 2.75) is 6.04 Å². The first-order valence-corrected chi connectivity index (χ1v) is 12.2. The maximum Gasteiger partial charge on any atom is 0.337 e. The molecule has 0 fully saturated rings. The molecule has 3 heterocycles. The SMILES string of the molecule is O=C(O)c1ccccc1NC/N=C1/C(=O)N(C2=NC(c3ccccc3)CS2)N=C1c1nccs1. The van der Waals surface area contributed by atoms with Crippen LogP contribution >= 0.6 is 23.1 Å². The molecule has 1 amide bonds. The van der Waals surface area contributed by atoms with E-state index < -0.39 is 11.9 Å². The molecule has 11 heteroatoms. The van der Waals surface area contributed by atoms with Crippen molar-refractivity contribution in [1.82, 2.24) is 9.99 Å². The second-order valence-electron chi connectivity index (χ2n) is 7.24. The van der Waals surface area contributed by atoms with Crippen molar-refractivity contribution in [2.75, 3.05) is 17.7 Å². The van der Waals surface area contributed by atoms with Crippen LogP contribution in [0, 0.1) is 0 Å². The summed E-state index contributed by atoms with van der Waals surface area (Å²) < 4.78 is 0. The normalized spacial score (nSPS) is 18.8. The molecule has 34 heavy (non-hydrogen) atoms. The van der Waals surface area contributed by atoms with E-state index in [4.69, 9.17) is 4.99 Å². The highest BCUT2D eigenvalue weighted by Gasteiger charge is 2.38. The Hall–Kier alpha value is -3.83. The number of hydrazone groups is 1. The van der Waals surface area contributed by atoms with Crippen LogP contribution < -0.4 is 5.32 Å². The standard InChI is InChI=1S/C23H18N6O3S2/c30-21-19(26-13-25-16-9-5-4-8-15(16)22(31)32)18(20-24-10-11-33-20)28-29(21)23-27-17(12-34-23)14-6-2-1-3-7-14/h1-11,17,25H,12-13H2,(H,31,32)/b26-19+. The summed E-state index contributed by atoms with van der Waals surface area (Å²) in [5.41, 5.74) is 2.15. The number of anilines is 1. The van der Waals surface area contributed by atoms with E-state index in [1.54, 1.807) is 29.8 Å². The molecular formula is C23H18N6O3S2. The van der Waals surface area contributed by atoms with Gasteiger partial charge < -0.3 is 10.4 Å². The quantitative estimate of drug-likeness (QED) is 0.543. The van der Waals surface area contributed by atoms with E-state index in [2.05, 4.69) is 20.4 Å². The van der Waals surface area contributed by atoms with Gasteiger partial charge in [-0.2, -0.15) is 10.1 Å². The van der Waals surface area contributed by atoms with Crippen LogP contribution in [0.4, 0.5) is 5.69 Å². The Labute approximate surface area is 203 Å². The van der Waals surface area contributed by atoms with Gasteiger partial charge >= 0.3 is 11.9 Å². The number of thiazole rings is 1. The number of aromatic carboxylic acids is 1. The minimum atomic E-state index is -1.05. The molecule has 5 rings (SSSR count). The van der Waals surface area contributed by atoms with Crippen LogP contribution in [0.25, 0.3) is 0 Å². The zero-order valence-electron chi connectivity index (χ0n) is 17.7. The number of rotatable bonds is 6. The Morgan fingerprint density at radius 3 is 2.74 bits per heavy atom. The first-order chi connectivity index (χ1) is 16.6. The predicted molar refractivity (Wildman–Crippen MR) is 134 cm³/mol. The molecule has 0 saturated heterocycles. The zero-order chi connectivity index (χ0) is 23.5. The number of thioether (sulfide) groups is 1. The lowest BCUT2D eigenvalue weighted by Crippen LogP contribution is -2.31. The number of amidine groups is 1. The molecular weight excluding hydrogens is 472 g/mol. The molecule has 0 bridgehead atoms. The highest BCUT2D eigenvalue weighted by Crippen LogP contribution is 2.33. The van der Waals surface area contributed by atoms with E-state index in [1.165, 1.54) is 34.2 Å². The van der Waals surface area contributed by atoms with Gasteiger partial charge in [0.25, 0.3) is 0 Å². The molecule has 0 saturated carbocycles. The first kappa shape index (κ1) is 22.0. The van der Waals surface area contributed by atoms with Gasteiger partial charge in [-0.25, -0.2) is 9.78 Å². The van der Waals surface area contributed by atoms with Crippen molar-refractivity contribution in [3.63, 3.8) is 0 Å². The molecule has 9 nitrogen and oxygen atoms in total. The van der Waals surface area contributed by atoms with Gasteiger partial charge in [0.05, 0.1) is 17.3 Å². The van der Waals surface area contributed by atoms with Crippen LogP contribution in [0.1, 0.15) is 27.0 Å². The van der Waals surface area contributed by atoms with Crippen LogP contribution in [-0.2, 0) is 4.79 Å². The predicted octanol–water partition coefficient (Wildman–Crippen LogP) is 3.74. The third kappa shape index (κ3) is 4.35. The summed E-state index contributed by atoms with van der Waals surface area (Å²) in [7, 11) is 0. The number of aromatic nitrogens is 1. The first-order valence-electron chi connectivity index (χ1n) is 10.3. The lowest BCUT2D eigenvalue weighted by atomic mass is 10.1. The molecule has 170 valence electrons. The maximum atomic E-state index is 13.3. The average Bonchev–Trinajstić information content (AvgIpc) is 3.61. The minimum Gasteiger partial charge on any atom is -0.478 e.